The number of hydrogen-bond acceptors (Lipinski definition) is 5. The third-order valence-corrected chi connectivity index (χ3v) is 6.07. The Morgan fingerprint density at radius 3 is 2.56 bits per heavy atom. The van der Waals surface area contributed by atoms with E-state index in [0.717, 1.165) is 43.4 Å². The van der Waals surface area contributed by atoms with Gasteiger partial charge in [0.15, 0.2) is 0 Å². The Bertz CT molecular complexity index is 633. The van der Waals surface area contributed by atoms with Crippen LogP contribution < -0.4 is 0 Å². The first-order valence-electron chi connectivity index (χ1n) is 9.01. The van der Waals surface area contributed by atoms with Gasteiger partial charge in [-0.3, -0.25) is 4.79 Å². The molecule has 0 radical (unpaired) electrons. The fourth-order valence-corrected chi connectivity index (χ4v) is 4.36. The lowest BCUT2D eigenvalue weighted by Crippen LogP contribution is -2.41. The van der Waals surface area contributed by atoms with Crippen LogP contribution in [0.5, 0.6) is 0 Å². The van der Waals surface area contributed by atoms with Gasteiger partial charge in [0.25, 0.3) is 0 Å². The molecule has 0 spiro atoms. The molecule has 2 heterocycles. The first-order valence-corrected chi connectivity index (χ1v) is 10.8. The highest BCUT2D eigenvalue weighted by Gasteiger charge is 2.18. The average molecular weight is 380 g/mol. The van der Waals surface area contributed by atoms with Gasteiger partial charge in [-0.25, -0.2) is 4.98 Å². The monoisotopic (exact) mass is 379 g/mol. The Morgan fingerprint density at radius 1 is 1.20 bits per heavy atom. The highest BCUT2D eigenvalue weighted by molar-refractivity contribution is 7.20. The second kappa shape index (κ2) is 10.0. The van der Waals surface area contributed by atoms with Gasteiger partial charge < -0.3 is 9.80 Å². The molecule has 25 heavy (non-hydrogen) atoms. The number of hydrogen-bond donors (Lipinski definition) is 0. The van der Waals surface area contributed by atoms with E-state index in [9.17, 15) is 4.79 Å². The van der Waals surface area contributed by atoms with Crippen LogP contribution in [0.3, 0.4) is 0 Å². The van der Waals surface area contributed by atoms with Crippen LogP contribution in [0.15, 0.2) is 22.9 Å². The van der Waals surface area contributed by atoms with Gasteiger partial charge in [0, 0.05) is 25.0 Å². The quantitative estimate of drug-likeness (QED) is 0.619. The molecule has 6 heteroatoms. The highest BCUT2D eigenvalue weighted by atomic mass is 32.1. The van der Waals surface area contributed by atoms with Crippen LogP contribution in [-0.2, 0) is 11.2 Å². The lowest BCUT2D eigenvalue weighted by Gasteiger charge is -2.27. The fourth-order valence-electron chi connectivity index (χ4n) is 2.73. The summed E-state index contributed by atoms with van der Waals surface area (Å²) >= 11 is 3.31. The molecule has 138 valence electrons. The van der Waals surface area contributed by atoms with E-state index in [1.165, 1.54) is 4.88 Å². The summed E-state index contributed by atoms with van der Waals surface area (Å²) in [5.74, 6) is 0.654. The smallest absolute Gasteiger partial charge is 0.228 e. The fraction of sp³-hybridized carbons (Fsp3) is 0.579. The molecular weight excluding hydrogens is 350 g/mol. The number of aromatic nitrogens is 1. The van der Waals surface area contributed by atoms with Gasteiger partial charge in [-0.05, 0) is 30.5 Å². The summed E-state index contributed by atoms with van der Waals surface area (Å²) in [5.41, 5.74) is 0.884. The van der Waals surface area contributed by atoms with Crippen molar-refractivity contribution >= 4 is 28.6 Å². The minimum absolute atomic E-state index is 0.184. The number of nitrogens with zero attached hydrogens (tertiary/aromatic N) is 3. The Morgan fingerprint density at radius 2 is 1.96 bits per heavy atom. The van der Waals surface area contributed by atoms with Crippen LogP contribution in [0, 0.1) is 5.92 Å². The summed E-state index contributed by atoms with van der Waals surface area (Å²) in [4.78, 5) is 23.0. The molecular formula is C19H29N3OS2. The predicted octanol–water partition coefficient (Wildman–Crippen LogP) is 4.24. The van der Waals surface area contributed by atoms with E-state index < -0.39 is 0 Å². The summed E-state index contributed by atoms with van der Waals surface area (Å²) in [7, 11) is 0. The minimum Gasteiger partial charge on any atom is -0.341 e. The third kappa shape index (κ3) is 6.20. The Labute approximate surface area is 159 Å². The van der Waals surface area contributed by atoms with Crippen molar-refractivity contribution in [3.63, 3.8) is 0 Å². The number of carbonyl (C=O) groups is 1. The van der Waals surface area contributed by atoms with Gasteiger partial charge in [0.2, 0.25) is 5.91 Å². The normalized spacial score (nSPS) is 11.4. The number of likely N-dealkylation sites (N-methyl/N-ethyl adjacent to an activating group) is 1. The topological polar surface area (TPSA) is 36.4 Å². The Hall–Kier alpha value is -1.24. The summed E-state index contributed by atoms with van der Waals surface area (Å²) in [6.07, 6.45) is 0.396. The molecule has 4 nitrogen and oxygen atoms in total. The molecule has 0 unspecified atom stereocenters. The van der Waals surface area contributed by atoms with Gasteiger partial charge in [-0.2, -0.15) is 0 Å². The lowest BCUT2D eigenvalue weighted by atomic mass is 10.2. The minimum atomic E-state index is 0.184. The molecule has 1 amide bonds. The van der Waals surface area contributed by atoms with Gasteiger partial charge in [0.05, 0.1) is 17.0 Å². The number of thiazole rings is 1. The molecule has 0 aliphatic heterocycles. The zero-order valence-corrected chi connectivity index (χ0v) is 17.3. The first kappa shape index (κ1) is 20.1. The molecule has 2 aromatic heterocycles. The molecule has 2 aromatic rings. The van der Waals surface area contributed by atoms with Crippen molar-refractivity contribution in [3.8, 4) is 9.88 Å². The third-order valence-electron chi connectivity index (χ3n) is 4.13. The van der Waals surface area contributed by atoms with Crippen LogP contribution in [-0.4, -0.2) is 53.4 Å². The molecule has 0 saturated carbocycles. The number of amides is 1. The van der Waals surface area contributed by atoms with E-state index >= 15 is 0 Å². The van der Waals surface area contributed by atoms with Crippen molar-refractivity contribution in [1.82, 2.24) is 14.8 Å². The van der Waals surface area contributed by atoms with E-state index in [1.54, 1.807) is 22.7 Å². The van der Waals surface area contributed by atoms with Crippen molar-refractivity contribution in [2.45, 2.75) is 34.1 Å². The van der Waals surface area contributed by atoms with Gasteiger partial charge in [-0.15, -0.1) is 22.7 Å². The number of thiophene rings is 1. The molecule has 0 aliphatic rings. The van der Waals surface area contributed by atoms with Crippen LogP contribution in [0.25, 0.3) is 9.88 Å². The van der Waals surface area contributed by atoms with Crippen LogP contribution >= 0.6 is 22.7 Å². The number of carbonyl (C=O) groups excluding carboxylic acids is 1. The lowest BCUT2D eigenvalue weighted by molar-refractivity contribution is -0.131. The predicted molar refractivity (Wildman–Crippen MR) is 108 cm³/mol. The molecule has 0 atom stereocenters. The molecule has 0 fully saturated rings. The number of rotatable bonds is 10. The van der Waals surface area contributed by atoms with Crippen molar-refractivity contribution in [2.75, 3.05) is 32.7 Å². The molecule has 0 N–H and O–H groups in total. The van der Waals surface area contributed by atoms with Gasteiger partial charge in [0.1, 0.15) is 5.01 Å². The van der Waals surface area contributed by atoms with Crippen molar-refractivity contribution in [1.29, 1.82) is 0 Å². The van der Waals surface area contributed by atoms with Gasteiger partial charge in [-0.1, -0.05) is 33.8 Å². The summed E-state index contributed by atoms with van der Waals surface area (Å²) in [6.45, 7) is 13.2. The standard InChI is InChI=1S/C19H29N3OS2/c1-5-21(6-2)9-10-22(13-15(3)4)18(23)12-16-14-25-19(20-16)17-8-7-11-24-17/h7-8,11,14-15H,5-6,9-10,12-13H2,1-4H3. The highest BCUT2D eigenvalue weighted by Crippen LogP contribution is 2.28. The zero-order valence-electron chi connectivity index (χ0n) is 15.7. The second-order valence-electron chi connectivity index (χ2n) is 6.56. The summed E-state index contributed by atoms with van der Waals surface area (Å²) in [5, 5.41) is 5.08. The van der Waals surface area contributed by atoms with Crippen LogP contribution in [0.1, 0.15) is 33.4 Å². The summed E-state index contributed by atoms with van der Waals surface area (Å²) in [6, 6.07) is 4.11. The maximum absolute atomic E-state index is 12.8. The van der Waals surface area contributed by atoms with Crippen LogP contribution in [0.2, 0.25) is 0 Å². The molecule has 0 aliphatic carbocycles. The Kier molecular flexibility index (Phi) is 8.06. The molecule has 0 saturated heterocycles. The van der Waals surface area contributed by atoms with E-state index in [0.29, 0.717) is 12.3 Å². The molecule has 0 aromatic carbocycles. The SMILES string of the molecule is CCN(CC)CCN(CC(C)C)C(=O)Cc1csc(-c2cccs2)n1. The van der Waals surface area contributed by atoms with Crippen molar-refractivity contribution < 1.29 is 4.79 Å². The van der Waals surface area contributed by atoms with Crippen LogP contribution in [0.4, 0.5) is 0 Å². The second-order valence-corrected chi connectivity index (χ2v) is 8.36. The molecule has 2 rings (SSSR count). The molecule has 0 bridgehead atoms. The van der Waals surface area contributed by atoms with E-state index in [1.807, 2.05) is 16.3 Å². The zero-order chi connectivity index (χ0) is 18.2. The van der Waals surface area contributed by atoms with E-state index in [-0.39, 0.29) is 5.91 Å². The Balaban J connectivity index is 1.98. The maximum atomic E-state index is 12.8. The largest absolute Gasteiger partial charge is 0.341 e. The first-order chi connectivity index (χ1) is 12.0. The van der Waals surface area contributed by atoms with E-state index in [2.05, 4.69) is 49.0 Å². The average Bonchev–Trinajstić information content (AvgIpc) is 3.25. The van der Waals surface area contributed by atoms with Gasteiger partial charge >= 0.3 is 0 Å². The maximum Gasteiger partial charge on any atom is 0.228 e. The van der Waals surface area contributed by atoms with E-state index in [4.69, 9.17) is 0 Å². The van der Waals surface area contributed by atoms with Crippen molar-refractivity contribution in [2.24, 2.45) is 5.92 Å². The summed E-state index contributed by atoms with van der Waals surface area (Å²) < 4.78 is 0. The van der Waals surface area contributed by atoms with Crippen molar-refractivity contribution in [3.05, 3.63) is 28.6 Å².